The molecule has 21 nitrogen and oxygen atoms in total. The van der Waals surface area contributed by atoms with Gasteiger partial charge in [-0.25, -0.2) is 19.6 Å². The second-order valence-electron chi connectivity index (χ2n) is 19.2. The molecule has 0 radical (unpaired) electrons. The molecule has 0 bridgehead atoms. The molecule has 4 aromatic heterocycles. The van der Waals surface area contributed by atoms with Crippen molar-refractivity contribution in [2.75, 3.05) is 60.3 Å². The minimum absolute atomic E-state index is 0.0837. The normalized spacial score (nSPS) is 17.6. The van der Waals surface area contributed by atoms with Crippen LogP contribution in [0.15, 0.2) is 89.6 Å². The van der Waals surface area contributed by atoms with E-state index in [9.17, 15) is 19.2 Å². The molecule has 7 aromatic rings. The third kappa shape index (κ3) is 11.3. The molecule has 11 rings (SSSR count). The predicted molar refractivity (Wildman–Crippen MR) is 278 cm³/mol. The Labute approximate surface area is 439 Å². The molecule has 3 unspecified atom stereocenters. The zero-order chi connectivity index (χ0) is 52.5. The fraction of sp³-hybridized carbons (Fsp3) is 0.418. The maximum absolute atomic E-state index is 14.1. The zero-order valence-corrected chi connectivity index (χ0v) is 42.9. The van der Waals surface area contributed by atoms with Gasteiger partial charge in [0.1, 0.15) is 30.0 Å². The Morgan fingerprint density at radius 2 is 1.55 bits per heavy atom. The van der Waals surface area contributed by atoms with Gasteiger partial charge in [-0.1, -0.05) is 37.3 Å². The number of ether oxygens (including phenoxy) is 5. The molecular formula is C55H63N11O10. The maximum atomic E-state index is 14.1. The molecule has 0 spiro atoms. The Balaban J connectivity index is 0.00000102. The number of methoxy groups -OCH3 is 2. The Hall–Kier alpha value is -8.04. The summed E-state index contributed by atoms with van der Waals surface area (Å²) >= 11 is 0. The quantitative estimate of drug-likeness (QED) is 0.0803. The fourth-order valence-corrected chi connectivity index (χ4v) is 10.4. The zero-order valence-electron chi connectivity index (χ0n) is 42.9. The first-order chi connectivity index (χ1) is 37.2. The minimum atomic E-state index is -0.834. The average Bonchev–Trinajstić information content (AvgIpc) is 4.37. The molecule has 76 heavy (non-hydrogen) atoms. The van der Waals surface area contributed by atoms with Crippen molar-refractivity contribution in [1.82, 2.24) is 55.1 Å². The van der Waals surface area contributed by atoms with Gasteiger partial charge < -0.3 is 58.5 Å². The molecule has 3 aromatic carbocycles. The molecule has 21 heteroatoms. The van der Waals surface area contributed by atoms with Gasteiger partial charge in [0.25, 0.3) is 12.1 Å². The van der Waals surface area contributed by atoms with Gasteiger partial charge in [0, 0.05) is 67.2 Å². The average molecular weight is 1040 g/mol. The number of rotatable bonds is 14. The van der Waals surface area contributed by atoms with E-state index in [1.807, 2.05) is 67.6 Å². The Morgan fingerprint density at radius 3 is 2.30 bits per heavy atom. The number of nitrogens with one attached hydrogen (secondary N) is 4. The van der Waals surface area contributed by atoms with E-state index in [-0.39, 0.29) is 42.8 Å². The molecule has 3 atom stereocenters. The SMILES string of the molecule is C1CCOCC1.CCCN(Cc1ncc(-c2ccc3c(c2)cc2n3C(c3nnc(-c4ccccc4)o3)Oc3cc(-c4cnc(C5CCCN5C(=O)CNC(=O)OC)[nH]4)ccc3-2)[nH]1)C(=O)C(NC(=O)OC)C1CCOCC1. The van der Waals surface area contributed by atoms with E-state index in [2.05, 4.69) is 52.2 Å². The van der Waals surface area contributed by atoms with Crippen LogP contribution in [-0.2, 0) is 35.1 Å². The van der Waals surface area contributed by atoms with E-state index in [4.69, 9.17) is 33.3 Å². The van der Waals surface area contributed by atoms with Crippen LogP contribution in [0.2, 0.25) is 0 Å². The summed E-state index contributed by atoms with van der Waals surface area (Å²) in [6.45, 7) is 6.13. The number of H-pyrrole nitrogens is 2. The standard InChI is InChI=1S/C50H53N11O9.C5H10O/c1-4-18-59(47(63)43(56-50(65)67-3)29-16-20-68-21-17-29)28-41-51-25-35(54-41)31-13-15-37-33(22-31)23-39-34-14-12-32(36-26-52-44(55-36)38-11-8-19-60(38)42(62)27-53-49(64)66-2)24-40(34)69-48(61(37)39)46-58-57-45(70-46)30-9-6-5-7-10-30;1-2-4-6-5-3-1/h5-7,9-10,12-15,22-26,29,38,43,48H,4,8,11,16-21,27-28H2,1-3H3,(H,51,54)(H,52,55)(H,53,64)(H,56,65);1-5H2. The highest BCUT2D eigenvalue weighted by Gasteiger charge is 2.37. The monoisotopic (exact) mass is 1040 g/mol. The highest BCUT2D eigenvalue weighted by atomic mass is 16.5. The molecule has 4 amide bonds. The van der Waals surface area contributed by atoms with Crippen LogP contribution in [0.5, 0.6) is 5.75 Å². The lowest BCUT2D eigenvalue weighted by Crippen LogP contribution is -2.53. The van der Waals surface area contributed by atoms with Gasteiger partial charge in [-0.15, -0.1) is 10.2 Å². The molecule has 4 N–H and O–H groups in total. The van der Waals surface area contributed by atoms with Gasteiger partial charge >= 0.3 is 12.2 Å². The summed E-state index contributed by atoms with van der Waals surface area (Å²) in [6, 6.07) is 22.7. The molecule has 0 saturated carbocycles. The van der Waals surface area contributed by atoms with Crippen LogP contribution in [0.25, 0.3) is 56.1 Å². The van der Waals surface area contributed by atoms with E-state index >= 15 is 0 Å². The molecule has 4 aliphatic heterocycles. The Bertz CT molecular complexity index is 3130. The molecule has 3 fully saturated rings. The number of nitrogens with zero attached hydrogens (tertiary/aromatic N) is 7. The number of alkyl carbamates (subject to hydrolysis) is 2. The number of aromatic nitrogens is 7. The van der Waals surface area contributed by atoms with E-state index < -0.39 is 24.5 Å². The molecule has 3 saturated heterocycles. The molecule has 8 heterocycles. The second-order valence-corrected chi connectivity index (χ2v) is 19.2. The predicted octanol–water partition coefficient (Wildman–Crippen LogP) is 8.17. The van der Waals surface area contributed by atoms with Crippen molar-refractivity contribution >= 4 is 34.9 Å². The summed E-state index contributed by atoms with van der Waals surface area (Å²) in [4.78, 5) is 71.0. The topological polar surface area (TPSA) is 246 Å². The number of fused-ring (bicyclic) bond motifs is 5. The van der Waals surface area contributed by atoms with E-state index in [1.54, 1.807) is 22.2 Å². The smallest absolute Gasteiger partial charge is 0.407 e. The maximum Gasteiger partial charge on any atom is 0.407 e. The third-order valence-corrected chi connectivity index (χ3v) is 14.2. The van der Waals surface area contributed by atoms with Crippen molar-refractivity contribution in [2.24, 2.45) is 5.92 Å². The van der Waals surface area contributed by atoms with Crippen LogP contribution in [0, 0.1) is 5.92 Å². The lowest BCUT2D eigenvalue weighted by molar-refractivity contribution is -0.136. The van der Waals surface area contributed by atoms with Gasteiger partial charge in [0.05, 0.1) is 61.8 Å². The first-order valence-electron chi connectivity index (χ1n) is 26.0. The second kappa shape index (κ2) is 23.7. The van der Waals surface area contributed by atoms with Crippen LogP contribution in [0.4, 0.5) is 9.59 Å². The number of hydrogen-bond acceptors (Lipinski definition) is 14. The lowest BCUT2D eigenvalue weighted by atomic mass is 9.90. The fourth-order valence-electron chi connectivity index (χ4n) is 10.4. The number of benzene rings is 3. The number of aromatic amines is 2. The van der Waals surface area contributed by atoms with Crippen molar-refractivity contribution in [3.05, 3.63) is 103 Å². The summed E-state index contributed by atoms with van der Waals surface area (Å²) in [7, 11) is 2.55. The van der Waals surface area contributed by atoms with Crippen molar-refractivity contribution in [1.29, 1.82) is 0 Å². The van der Waals surface area contributed by atoms with Crippen molar-refractivity contribution in [2.45, 2.75) is 83.1 Å². The Morgan fingerprint density at radius 1 is 0.803 bits per heavy atom. The van der Waals surface area contributed by atoms with Gasteiger partial charge in [0.2, 0.25) is 17.7 Å². The summed E-state index contributed by atoms with van der Waals surface area (Å²) in [6.07, 6.45) is 8.84. The number of carbonyl (C=O) groups excluding carboxylic acids is 4. The first kappa shape index (κ1) is 51.4. The molecule has 0 aliphatic carbocycles. The number of hydrogen-bond donors (Lipinski definition) is 4. The van der Waals surface area contributed by atoms with E-state index in [1.165, 1.54) is 33.5 Å². The summed E-state index contributed by atoms with van der Waals surface area (Å²) < 4.78 is 35.4. The van der Waals surface area contributed by atoms with Crippen molar-refractivity contribution in [3.8, 4) is 51.0 Å². The van der Waals surface area contributed by atoms with Gasteiger partial charge in [-0.3, -0.25) is 14.2 Å². The van der Waals surface area contributed by atoms with Crippen LogP contribution < -0.4 is 15.4 Å². The highest BCUT2D eigenvalue weighted by molar-refractivity contribution is 5.92. The summed E-state index contributed by atoms with van der Waals surface area (Å²) in [5.74, 6) is 1.97. The van der Waals surface area contributed by atoms with Crippen LogP contribution in [0.1, 0.15) is 88.1 Å². The van der Waals surface area contributed by atoms with Crippen LogP contribution in [-0.4, -0.2) is 135 Å². The largest absolute Gasteiger partial charge is 0.460 e. The first-order valence-corrected chi connectivity index (χ1v) is 26.0. The lowest BCUT2D eigenvalue weighted by Gasteiger charge is -2.33. The van der Waals surface area contributed by atoms with Crippen molar-refractivity contribution in [3.63, 3.8) is 0 Å². The van der Waals surface area contributed by atoms with Gasteiger partial charge in [-0.05, 0) is 99.7 Å². The van der Waals surface area contributed by atoms with E-state index in [0.717, 1.165) is 76.3 Å². The number of amides is 4. The van der Waals surface area contributed by atoms with E-state index in [0.29, 0.717) is 68.9 Å². The Kier molecular flexibility index (Phi) is 16.0. The number of imidazole rings is 2. The summed E-state index contributed by atoms with van der Waals surface area (Å²) in [5, 5.41) is 15.1. The highest BCUT2D eigenvalue weighted by Crippen LogP contribution is 2.46. The van der Waals surface area contributed by atoms with Gasteiger partial charge in [0.15, 0.2) is 0 Å². The van der Waals surface area contributed by atoms with Gasteiger partial charge in [-0.2, -0.15) is 0 Å². The van der Waals surface area contributed by atoms with Crippen LogP contribution in [0.3, 0.4) is 0 Å². The van der Waals surface area contributed by atoms with Crippen LogP contribution >= 0.6 is 0 Å². The molecule has 4 aliphatic rings. The number of likely N-dealkylation sites (tertiary alicyclic amines) is 1. The number of carbonyl (C=O) groups is 4. The molecular weight excluding hydrogens is 975 g/mol. The molecule has 398 valence electrons. The minimum Gasteiger partial charge on any atom is -0.460 e. The third-order valence-electron chi connectivity index (χ3n) is 14.2. The summed E-state index contributed by atoms with van der Waals surface area (Å²) in [5.41, 5.74) is 6.55. The van der Waals surface area contributed by atoms with Crippen molar-refractivity contribution < 1.29 is 47.3 Å².